The Morgan fingerprint density at radius 3 is 2.39 bits per heavy atom. The zero-order valence-electron chi connectivity index (χ0n) is 22.2. The fourth-order valence-corrected chi connectivity index (χ4v) is 5.26. The van der Waals surface area contributed by atoms with Crippen molar-refractivity contribution < 1.29 is 4.79 Å². The number of amides is 1. The molecule has 3 aromatic carbocycles. The van der Waals surface area contributed by atoms with Gasteiger partial charge in [0, 0.05) is 34.6 Å². The van der Waals surface area contributed by atoms with Gasteiger partial charge in [0.2, 0.25) is 0 Å². The van der Waals surface area contributed by atoms with Crippen molar-refractivity contribution >= 4 is 16.8 Å². The van der Waals surface area contributed by atoms with Crippen molar-refractivity contribution in [1.82, 2.24) is 10.3 Å². The van der Waals surface area contributed by atoms with E-state index in [0.29, 0.717) is 5.56 Å². The second-order valence-corrected chi connectivity index (χ2v) is 10.4. The molecule has 0 fully saturated rings. The van der Waals surface area contributed by atoms with Crippen LogP contribution in [-0.2, 0) is 6.42 Å². The zero-order chi connectivity index (χ0) is 25.5. The molecule has 0 bridgehead atoms. The van der Waals surface area contributed by atoms with Gasteiger partial charge < -0.3 is 10.3 Å². The van der Waals surface area contributed by atoms with Crippen LogP contribution in [-0.4, -0.2) is 16.9 Å². The van der Waals surface area contributed by atoms with Crippen molar-refractivity contribution in [3.8, 4) is 0 Å². The molecule has 1 aromatic heterocycles. The molecule has 1 heterocycles. The minimum absolute atomic E-state index is 0.0202. The molecule has 3 heteroatoms. The summed E-state index contributed by atoms with van der Waals surface area (Å²) in [5, 5.41) is 4.26. The molecule has 0 radical (unpaired) electrons. The molecule has 2 N–H and O–H groups in total. The highest BCUT2D eigenvalue weighted by molar-refractivity contribution is 5.94. The topological polar surface area (TPSA) is 44.9 Å². The number of aromatic nitrogens is 1. The highest BCUT2D eigenvalue weighted by Gasteiger charge is 2.26. The molecule has 36 heavy (non-hydrogen) atoms. The van der Waals surface area contributed by atoms with E-state index in [2.05, 4.69) is 91.0 Å². The summed E-state index contributed by atoms with van der Waals surface area (Å²) in [5.41, 5.74) is 7.20. The van der Waals surface area contributed by atoms with Gasteiger partial charge >= 0.3 is 0 Å². The molecule has 0 spiro atoms. The molecule has 4 rings (SSSR count). The van der Waals surface area contributed by atoms with E-state index in [1.807, 2.05) is 26.0 Å². The van der Waals surface area contributed by atoms with Crippen LogP contribution in [0.2, 0.25) is 0 Å². The van der Waals surface area contributed by atoms with E-state index < -0.39 is 0 Å². The highest BCUT2D eigenvalue weighted by atomic mass is 16.1. The van der Waals surface area contributed by atoms with E-state index in [0.717, 1.165) is 6.42 Å². The monoisotopic (exact) mass is 480 g/mol. The molecule has 0 aliphatic carbocycles. The number of hydrogen-bond donors (Lipinski definition) is 2. The molecule has 2 atom stereocenters. The third-order valence-electron chi connectivity index (χ3n) is 7.20. The summed E-state index contributed by atoms with van der Waals surface area (Å²) in [4.78, 5) is 16.0. The van der Waals surface area contributed by atoms with Crippen molar-refractivity contribution in [2.45, 2.75) is 77.7 Å². The van der Waals surface area contributed by atoms with Crippen molar-refractivity contribution in [3.05, 3.63) is 107 Å². The van der Waals surface area contributed by atoms with Crippen LogP contribution in [0.3, 0.4) is 0 Å². The van der Waals surface area contributed by atoms with Gasteiger partial charge in [-0.2, -0.15) is 0 Å². The Kier molecular flexibility index (Phi) is 8.64. The van der Waals surface area contributed by atoms with Gasteiger partial charge in [-0.3, -0.25) is 4.79 Å². The summed E-state index contributed by atoms with van der Waals surface area (Å²) in [6, 6.07) is 26.0. The largest absolute Gasteiger partial charge is 0.361 e. The van der Waals surface area contributed by atoms with Gasteiger partial charge in [0.15, 0.2) is 0 Å². The van der Waals surface area contributed by atoms with Crippen LogP contribution in [0, 0.1) is 0 Å². The van der Waals surface area contributed by atoms with Gasteiger partial charge in [-0.25, -0.2) is 0 Å². The third-order valence-corrected chi connectivity index (χ3v) is 7.20. The van der Waals surface area contributed by atoms with Crippen molar-refractivity contribution in [2.24, 2.45) is 0 Å². The van der Waals surface area contributed by atoms with Gasteiger partial charge in [0.25, 0.3) is 5.91 Å². The molecular weight excluding hydrogens is 440 g/mol. The lowest BCUT2D eigenvalue weighted by atomic mass is 9.77. The summed E-state index contributed by atoms with van der Waals surface area (Å²) >= 11 is 0. The Morgan fingerprint density at radius 2 is 1.64 bits per heavy atom. The van der Waals surface area contributed by atoms with E-state index >= 15 is 0 Å². The molecular formula is C33H40N2O. The maximum atomic E-state index is 12.5. The third kappa shape index (κ3) is 6.07. The Balaban J connectivity index is 1.68. The average Bonchev–Trinajstić information content (AvgIpc) is 3.30. The highest BCUT2D eigenvalue weighted by Crippen LogP contribution is 2.41. The normalized spacial score (nSPS) is 13.1. The number of fused-ring (bicyclic) bond motifs is 1. The number of rotatable bonds is 11. The minimum Gasteiger partial charge on any atom is -0.361 e. The van der Waals surface area contributed by atoms with Gasteiger partial charge in [-0.15, -0.1) is 0 Å². The molecule has 0 saturated heterocycles. The first-order chi connectivity index (χ1) is 17.5. The average molecular weight is 481 g/mol. The fourth-order valence-electron chi connectivity index (χ4n) is 5.26. The molecule has 1 amide bonds. The van der Waals surface area contributed by atoms with Gasteiger partial charge in [-0.1, -0.05) is 87.7 Å². The predicted molar refractivity (Wildman–Crippen MR) is 152 cm³/mol. The van der Waals surface area contributed by atoms with Crippen molar-refractivity contribution in [2.75, 3.05) is 0 Å². The number of nitrogens with one attached hydrogen (secondary N) is 2. The SMILES string of the molecule is CCCCCCc1cccc(C(c2c[nH]c3ccccc23)C(C)c2ccc(C(=O)NC(C)C)cc2)c1. The van der Waals surface area contributed by atoms with E-state index in [1.165, 1.54) is 58.8 Å². The number of carbonyl (C=O) groups is 1. The van der Waals surface area contributed by atoms with Crippen LogP contribution < -0.4 is 5.32 Å². The van der Waals surface area contributed by atoms with Crippen molar-refractivity contribution in [1.29, 1.82) is 0 Å². The van der Waals surface area contributed by atoms with Crippen LogP contribution in [0.5, 0.6) is 0 Å². The number of unbranched alkanes of at least 4 members (excludes halogenated alkanes) is 3. The lowest BCUT2D eigenvalue weighted by molar-refractivity contribution is 0.0943. The second kappa shape index (κ2) is 12.1. The molecule has 4 aromatic rings. The zero-order valence-corrected chi connectivity index (χ0v) is 22.2. The molecule has 0 aliphatic rings. The van der Waals surface area contributed by atoms with E-state index in [4.69, 9.17) is 0 Å². The van der Waals surface area contributed by atoms with E-state index in [-0.39, 0.29) is 23.8 Å². The Morgan fingerprint density at radius 1 is 0.861 bits per heavy atom. The number of hydrogen-bond acceptors (Lipinski definition) is 1. The molecule has 0 aliphatic heterocycles. The summed E-state index contributed by atoms with van der Waals surface area (Å²) in [5.74, 6) is 0.419. The maximum absolute atomic E-state index is 12.5. The first kappa shape index (κ1) is 25.8. The molecule has 3 nitrogen and oxygen atoms in total. The van der Waals surface area contributed by atoms with Crippen LogP contribution >= 0.6 is 0 Å². The van der Waals surface area contributed by atoms with E-state index in [9.17, 15) is 4.79 Å². The minimum atomic E-state index is -0.0202. The van der Waals surface area contributed by atoms with Gasteiger partial charge in [0.05, 0.1) is 0 Å². The summed E-state index contributed by atoms with van der Waals surface area (Å²) in [7, 11) is 0. The van der Waals surface area contributed by atoms with Gasteiger partial charge in [0.1, 0.15) is 0 Å². The second-order valence-electron chi connectivity index (χ2n) is 10.4. The molecule has 0 saturated carbocycles. The first-order valence-electron chi connectivity index (χ1n) is 13.5. The van der Waals surface area contributed by atoms with Crippen LogP contribution in [0.15, 0.2) is 79.0 Å². The lowest BCUT2D eigenvalue weighted by Crippen LogP contribution is -2.30. The summed E-state index contributed by atoms with van der Waals surface area (Å²) in [6.45, 7) is 8.54. The number of para-hydroxylation sites is 1. The number of benzene rings is 3. The quantitative estimate of drug-likeness (QED) is 0.208. The smallest absolute Gasteiger partial charge is 0.251 e. The number of carbonyl (C=O) groups excluding carboxylic acids is 1. The summed E-state index contributed by atoms with van der Waals surface area (Å²) in [6.07, 6.45) is 8.41. The standard InChI is InChI=1S/C33H40N2O/c1-5-6-7-8-12-25-13-11-14-28(21-25)32(30-22-34-31-16-10-9-15-29(30)31)24(4)26-17-19-27(20-18-26)33(36)35-23(2)3/h9-11,13-24,32,34H,5-8,12H2,1-4H3,(H,35,36). The van der Waals surface area contributed by atoms with E-state index in [1.54, 1.807) is 0 Å². The molecule has 2 unspecified atom stereocenters. The van der Waals surface area contributed by atoms with Crippen LogP contribution in [0.1, 0.15) is 97.8 Å². The molecule has 188 valence electrons. The van der Waals surface area contributed by atoms with Gasteiger partial charge in [-0.05, 0) is 73.1 Å². The number of aromatic amines is 1. The van der Waals surface area contributed by atoms with Crippen LogP contribution in [0.4, 0.5) is 0 Å². The first-order valence-corrected chi connectivity index (χ1v) is 13.5. The Bertz CT molecular complexity index is 1270. The lowest BCUT2D eigenvalue weighted by Gasteiger charge is -2.26. The fraction of sp³-hybridized carbons (Fsp3) is 0.364. The Labute approximate surface area is 216 Å². The number of aryl methyl sites for hydroxylation is 1. The predicted octanol–water partition coefficient (Wildman–Crippen LogP) is 8.36. The number of H-pyrrole nitrogens is 1. The maximum Gasteiger partial charge on any atom is 0.251 e. The van der Waals surface area contributed by atoms with Crippen LogP contribution in [0.25, 0.3) is 10.9 Å². The Hall–Kier alpha value is -3.33. The summed E-state index contributed by atoms with van der Waals surface area (Å²) < 4.78 is 0. The van der Waals surface area contributed by atoms with Crippen molar-refractivity contribution in [3.63, 3.8) is 0 Å².